The summed E-state index contributed by atoms with van der Waals surface area (Å²) in [5.41, 5.74) is 20.3. The molecule has 1 saturated carbocycles. The number of carbonyl (C=O) groups is 1. The smallest absolute Gasteiger partial charge is 0.255 e. The Morgan fingerprint density at radius 2 is 2.00 bits per heavy atom. The topological polar surface area (TPSA) is 109 Å². The maximum absolute atomic E-state index is 13.4. The van der Waals surface area contributed by atoms with Gasteiger partial charge in [0, 0.05) is 23.0 Å². The Kier molecular flexibility index (Phi) is 6.56. The van der Waals surface area contributed by atoms with Crippen LogP contribution in [0, 0.1) is 6.92 Å². The van der Waals surface area contributed by atoms with Crippen molar-refractivity contribution in [2.45, 2.75) is 65.3 Å². The lowest BCUT2D eigenvalue weighted by atomic mass is 9.86. The van der Waals surface area contributed by atoms with Gasteiger partial charge in [0.2, 0.25) is 0 Å². The molecule has 38 heavy (non-hydrogen) atoms. The average Bonchev–Trinajstić information content (AvgIpc) is 3.43. The first kappa shape index (κ1) is 25.7. The summed E-state index contributed by atoms with van der Waals surface area (Å²) in [4.78, 5) is 13.4. The predicted octanol–water partition coefficient (Wildman–Crippen LogP) is 5.06. The molecule has 3 aromatic rings. The van der Waals surface area contributed by atoms with E-state index in [4.69, 9.17) is 10.5 Å². The molecule has 9 heteroatoms. The van der Waals surface area contributed by atoms with Gasteiger partial charge in [-0.25, -0.2) is 0 Å². The van der Waals surface area contributed by atoms with Crippen LogP contribution >= 0.6 is 0 Å². The molecule has 9 nitrogen and oxygen atoms in total. The molecule has 2 aliphatic rings. The number of nitrogens with zero attached hydrogens (tertiary/aromatic N) is 3. The van der Waals surface area contributed by atoms with Crippen LogP contribution in [0.25, 0.3) is 5.70 Å². The largest absolute Gasteiger partial charge is 0.492 e. The number of rotatable bonds is 7. The molecule has 1 aromatic heterocycles. The van der Waals surface area contributed by atoms with Crippen molar-refractivity contribution < 1.29 is 9.53 Å². The Hall–Kier alpha value is -3.98. The van der Waals surface area contributed by atoms with E-state index in [0.29, 0.717) is 28.7 Å². The second-order valence-corrected chi connectivity index (χ2v) is 11.0. The van der Waals surface area contributed by atoms with Crippen molar-refractivity contribution in [3.63, 3.8) is 0 Å². The number of nitrogens with one attached hydrogen (secondary N) is 3. The summed E-state index contributed by atoms with van der Waals surface area (Å²) >= 11 is 0. The van der Waals surface area contributed by atoms with Crippen molar-refractivity contribution in [3.8, 4) is 5.75 Å². The number of aryl methyl sites for hydroxylation is 1. The van der Waals surface area contributed by atoms with Gasteiger partial charge in [0.25, 0.3) is 5.91 Å². The van der Waals surface area contributed by atoms with E-state index >= 15 is 0 Å². The number of methoxy groups -OCH3 is 1. The quantitative estimate of drug-likeness (QED) is 0.326. The monoisotopic (exact) mass is 515 g/mol. The standard InChI is InChI=1S/C29H37N7O2/c1-7-25-21(15-31-36(25)20-10-11-20)24-16-35(34-33-24)26-12-18(9-8-17(26)2)28(37)32-23-14-19(29(3,4)5)13-22(30)27(23)38-6/h8-9,12-16,20,33-34H,7,10-11,30H2,1-6H3,(H,32,37). The summed E-state index contributed by atoms with van der Waals surface area (Å²) in [5, 5.41) is 9.55. The Bertz CT molecular complexity index is 1410. The number of hydrazine groups is 2. The average molecular weight is 516 g/mol. The molecule has 0 atom stereocenters. The molecule has 1 amide bonds. The molecule has 0 spiro atoms. The Morgan fingerprint density at radius 1 is 1.24 bits per heavy atom. The summed E-state index contributed by atoms with van der Waals surface area (Å²) < 4.78 is 7.68. The maximum atomic E-state index is 13.4. The zero-order valence-corrected chi connectivity index (χ0v) is 23.0. The van der Waals surface area contributed by atoms with E-state index in [1.165, 1.54) is 18.5 Å². The molecule has 1 aliphatic heterocycles. The predicted molar refractivity (Wildman–Crippen MR) is 152 cm³/mol. The van der Waals surface area contributed by atoms with Crippen LogP contribution in [0.1, 0.15) is 79.3 Å². The van der Waals surface area contributed by atoms with Gasteiger partial charge in [0.1, 0.15) is 0 Å². The summed E-state index contributed by atoms with van der Waals surface area (Å²) in [6, 6.07) is 9.98. The Labute approximate surface area is 224 Å². The van der Waals surface area contributed by atoms with Crippen LogP contribution in [-0.2, 0) is 11.8 Å². The first-order valence-corrected chi connectivity index (χ1v) is 13.1. The second-order valence-electron chi connectivity index (χ2n) is 11.0. The molecule has 5 N–H and O–H groups in total. The minimum absolute atomic E-state index is 0.137. The minimum Gasteiger partial charge on any atom is -0.492 e. The Balaban J connectivity index is 1.41. The number of carbonyl (C=O) groups excluding carboxylic acids is 1. The van der Waals surface area contributed by atoms with Crippen molar-refractivity contribution in [3.05, 3.63) is 70.7 Å². The highest BCUT2D eigenvalue weighted by molar-refractivity contribution is 6.06. The molecular weight excluding hydrogens is 478 g/mol. The third-order valence-electron chi connectivity index (χ3n) is 7.15. The highest BCUT2D eigenvalue weighted by Crippen LogP contribution is 2.38. The number of benzene rings is 2. The zero-order chi connectivity index (χ0) is 27.2. The van der Waals surface area contributed by atoms with Gasteiger partial charge in [-0.2, -0.15) is 5.10 Å². The van der Waals surface area contributed by atoms with Crippen LogP contribution in [0.2, 0.25) is 0 Å². The number of aromatic nitrogens is 2. The van der Waals surface area contributed by atoms with Crippen LogP contribution in [0.5, 0.6) is 5.75 Å². The van der Waals surface area contributed by atoms with Gasteiger partial charge in [0.05, 0.1) is 42.1 Å². The van der Waals surface area contributed by atoms with Crippen molar-refractivity contribution in [1.82, 2.24) is 20.7 Å². The second kappa shape index (κ2) is 9.72. The summed E-state index contributed by atoms with van der Waals surface area (Å²) in [6.07, 6.45) is 7.23. The maximum Gasteiger partial charge on any atom is 0.255 e. The van der Waals surface area contributed by atoms with Gasteiger partial charge in [-0.3, -0.25) is 14.5 Å². The van der Waals surface area contributed by atoms with Crippen molar-refractivity contribution in [2.75, 3.05) is 23.2 Å². The van der Waals surface area contributed by atoms with Gasteiger partial charge < -0.3 is 21.2 Å². The molecule has 0 unspecified atom stereocenters. The molecule has 0 radical (unpaired) electrons. The minimum atomic E-state index is -0.245. The summed E-state index contributed by atoms with van der Waals surface area (Å²) in [6.45, 7) is 10.5. The SMILES string of the molecule is CCc1c(C2=CN(c3cc(C(=O)Nc4cc(C(C)(C)C)cc(N)c4OC)ccc3C)NN2)cnn1C1CC1. The third-order valence-corrected chi connectivity index (χ3v) is 7.15. The van der Waals surface area contributed by atoms with Crippen LogP contribution < -0.4 is 31.8 Å². The Morgan fingerprint density at radius 3 is 2.66 bits per heavy atom. The van der Waals surface area contributed by atoms with E-state index < -0.39 is 0 Å². The van der Waals surface area contributed by atoms with E-state index in [9.17, 15) is 4.79 Å². The van der Waals surface area contributed by atoms with E-state index in [0.717, 1.165) is 34.5 Å². The number of nitrogen functional groups attached to an aromatic ring is 1. The van der Waals surface area contributed by atoms with E-state index in [1.807, 2.05) is 54.7 Å². The highest BCUT2D eigenvalue weighted by Gasteiger charge is 2.29. The lowest BCUT2D eigenvalue weighted by Gasteiger charge is -2.23. The van der Waals surface area contributed by atoms with Crippen LogP contribution in [0.3, 0.4) is 0 Å². The van der Waals surface area contributed by atoms with Gasteiger partial charge >= 0.3 is 0 Å². The first-order chi connectivity index (χ1) is 18.1. The lowest BCUT2D eigenvalue weighted by Crippen LogP contribution is -2.36. The van der Waals surface area contributed by atoms with Gasteiger partial charge in [-0.05, 0) is 67.0 Å². The van der Waals surface area contributed by atoms with Crippen molar-refractivity contribution in [2.24, 2.45) is 0 Å². The molecular formula is C29H37N7O2. The summed E-state index contributed by atoms with van der Waals surface area (Å²) in [5.74, 6) is 0.209. The molecule has 0 bridgehead atoms. The fraction of sp³-hybridized carbons (Fsp3) is 0.379. The normalized spacial score (nSPS) is 15.3. The highest BCUT2D eigenvalue weighted by atomic mass is 16.5. The van der Waals surface area contributed by atoms with E-state index in [2.05, 4.69) is 53.8 Å². The molecule has 0 saturated heterocycles. The molecule has 1 fully saturated rings. The fourth-order valence-corrected chi connectivity index (χ4v) is 4.79. The lowest BCUT2D eigenvalue weighted by molar-refractivity contribution is 0.102. The van der Waals surface area contributed by atoms with E-state index in [1.54, 1.807) is 7.11 Å². The number of hydrogen-bond acceptors (Lipinski definition) is 7. The first-order valence-electron chi connectivity index (χ1n) is 13.1. The molecule has 200 valence electrons. The molecule has 2 heterocycles. The number of ether oxygens (including phenoxy) is 1. The zero-order valence-electron chi connectivity index (χ0n) is 23.0. The van der Waals surface area contributed by atoms with Crippen LogP contribution in [-0.4, -0.2) is 22.8 Å². The van der Waals surface area contributed by atoms with Crippen LogP contribution in [0.4, 0.5) is 17.1 Å². The van der Waals surface area contributed by atoms with Crippen molar-refractivity contribution >= 4 is 28.7 Å². The number of hydrogen-bond donors (Lipinski definition) is 4. The molecule has 1 aliphatic carbocycles. The van der Waals surface area contributed by atoms with Gasteiger partial charge in [-0.15, -0.1) is 5.53 Å². The summed E-state index contributed by atoms with van der Waals surface area (Å²) in [7, 11) is 1.55. The fourth-order valence-electron chi connectivity index (χ4n) is 4.79. The van der Waals surface area contributed by atoms with Gasteiger partial charge in [-0.1, -0.05) is 33.8 Å². The molecule has 5 rings (SSSR count). The van der Waals surface area contributed by atoms with Crippen LogP contribution in [0.15, 0.2) is 42.7 Å². The number of nitrogens with two attached hydrogens (primary N) is 1. The van der Waals surface area contributed by atoms with Crippen molar-refractivity contribution in [1.29, 1.82) is 0 Å². The number of anilines is 3. The molecule has 2 aromatic carbocycles. The van der Waals surface area contributed by atoms with E-state index in [-0.39, 0.29) is 11.3 Å². The third kappa shape index (κ3) is 4.81. The number of amides is 1. The van der Waals surface area contributed by atoms with Gasteiger partial charge in [0.15, 0.2) is 5.75 Å².